The number of nitrogens with zero attached hydrogens (tertiary/aromatic N) is 3. The Labute approximate surface area is 182 Å². The molecule has 7 nitrogen and oxygen atoms in total. The maximum atomic E-state index is 13.6. The fourth-order valence-corrected chi connectivity index (χ4v) is 3.43. The molecule has 156 valence electrons. The Morgan fingerprint density at radius 3 is 2.60 bits per heavy atom. The summed E-state index contributed by atoms with van der Waals surface area (Å²) in [6.07, 6.45) is 0.418. The van der Waals surface area contributed by atoms with Crippen molar-refractivity contribution in [2.24, 2.45) is 7.05 Å². The van der Waals surface area contributed by atoms with Gasteiger partial charge >= 0.3 is 0 Å². The summed E-state index contributed by atoms with van der Waals surface area (Å²) in [5.74, 6) is -0.417. The summed E-state index contributed by atoms with van der Waals surface area (Å²) in [5.41, 5.74) is 0.660. The van der Waals surface area contributed by atoms with Crippen molar-refractivity contribution in [2.75, 3.05) is 17.6 Å². The minimum absolute atomic E-state index is 0.00147. The second kappa shape index (κ2) is 10.2. The first-order chi connectivity index (χ1) is 14.4. The van der Waals surface area contributed by atoms with E-state index in [0.29, 0.717) is 28.1 Å². The molecule has 30 heavy (non-hydrogen) atoms. The molecule has 1 aromatic heterocycles. The molecule has 0 aliphatic heterocycles. The smallest absolute Gasteiger partial charge is 0.254 e. The number of amides is 2. The van der Waals surface area contributed by atoms with Crippen LogP contribution in [0.25, 0.3) is 0 Å². The molecule has 0 atom stereocenters. The molecule has 0 fully saturated rings. The van der Waals surface area contributed by atoms with Gasteiger partial charge in [-0.15, -0.1) is 10.2 Å². The van der Waals surface area contributed by atoms with Crippen LogP contribution in [-0.4, -0.2) is 38.9 Å². The van der Waals surface area contributed by atoms with Crippen molar-refractivity contribution in [1.29, 1.82) is 0 Å². The average molecular weight is 448 g/mol. The van der Waals surface area contributed by atoms with E-state index in [4.69, 9.17) is 11.6 Å². The first-order valence-electron chi connectivity index (χ1n) is 9.03. The Bertz CT molecular complexity index is 1040. The minimum atomic E-state index is -0.566. The SMILES string of the molecule is Cn1c(CCNC(=O)c2ccccc2F)nnc1SCC(=O)Nc1ccc(Cl)cc1. The van der Waals surface area contributed by atoms with Crippen molar-refractivity contribution < 1.29 is 14.0 Å². The molecule has 1 heterocycles. The average Bonchev–Trinajstić information content (AvgIpc) is 3.08. The van der Waals surface area contributed by atoms with E-state index in [2.05, 4.69) is 20.8 Å². The highest BCUT2D eigenvalue weighted by Gasteiger charge is 2.13. The zero-order valence-electron chi connectivity index (χ0n) is 16.1. The van der Waals surface area contributed by atoms with Crippen LogP contribution in [0.1, 0.15) is 16.2 Å². The van der Waals surface area contributed by atoms with Crippen LogP contribution >= 0.6 is 23.4 Å². The number of aromatic nitrogens is 3. The van der Waals surface area contributed by atoms with Crippen LogP contribution < -0.4 is 10.6 Å². The topological polar surface area (TPSA) is 88.9 Å². The largest absolute Gasteiger partial charge is 0.351 e. The molecule has 10 heteroatoms. The number of carbonyl (C=O) groups is 2. The lowest BCUT2D eigenvalue weighted by molar-refractivity contribution is -0.113. The van der Waals surface area contributed by atoms with Gasteiger partial charge in [0.15, 0.2) is 5.16 Å². The zero-order chi connectivity index (χ0) is 21.5. The molecule has 0 radical (unpaired) electrons. The van der Waals surface area contributed by atoms with E-state index >= 15 is 0 Å². The number of thioether (sulfide) groups is 1. The van der Waals surface area contributed by atoms with Crippen molar-refractivity contribution in [1.82, 2.24) is 20.1 Å². The normalized spacial score (nSPS) is 10.6. The molecule has 2 aromatic carbocycles. The number of anilines is 1. The lowest BCUT2D eigenvalue weighted by atomic mass is 10.2. The fourth-order valence-electron chi connectivity index (χ4n) is 2.58. The Kier molecular flexibility index (Phi) is 7.42. The number of nitrogens with one attached hydrogen (secondary N) is 2. The van der Waals surface area contributed by atoms with Gasteiger partial charge in [-0.25, -0.2) is 4.39 Å². The molecule has 3 rings (SSSR count). The number of carbonyl (C=O) groups excluding carboxylic acids is 2. The molecule has 0 spiro atoms. The molecule has 0 unspecified atom stereocenters. The number of halogens is 2. The second-order valence-electron chi connectivity index (χ2n) is 6.29. The Morgan fingerprint density at radius 2 is 1.87 bits per heavy atom. The van der Waals surface area contributed by atoms with E-state index in [1.165, 1.54) is 30.0 Å². The van der Waals surface area contributed by atoms with Crippen LogP contribution in [0.5, 0.6) is 0 Å². The molecule has 3 aromatic rings. The molecule has 2 N–H and O–H groups in total. The van der Waals surface area contributed by atoms with Gasteiger partial charge in [0.25, 0.3) is 5.91 Å². The third kappa shape index (κ3) is 5.80. The van der Waals surface area contributed by atoms with Crippen molar-refractivity contribution >= 4 is 40.9 Å². The quantitative estimate of drug-likeness (QED) is 0.517. The van der Waals surface area contributed by atoms with Crippen molar-refractivity contribution in [3.8, 4) is 0 Å². The van der Waals surface area contributed by atoms with Crippen LogP contribution in [0.15, 0.2) is 53.7 Å². The maximum Gasteiger partial charge on any atom is 0.254 e. The van der Waals surface area contributed by atoms with Gasteiger partial charge < -0.3 is 15.2 Å². The monoisotopic (exact) mass is 447 g/mol. The van der Waals surface area contributed by atoms with Crippen molar-refractivity contribution in [3.05, 3.63) is 70.8 Å². The van der Waals surface area contributed by atoms with E-state index in [1.807, 2.05) is 0 Å². The highest BCUT2D eigenvalue weighted by molar-refractivity contribution is 7.99. The first kappa shape index (κ1) is 21.8. The lowest BCUT2D eigenvalue weighted by Crippen LogP contribution is -2.27. The van der Waals surface area contributed by atoms with E-state index in [9.17, 15) is 14.0 Å². The Balaban J connectivity index is 1.47. The summed E-state index contributed by atoms with van der Waals surface area (Å²) in [6, 6.07) is 12.6. The van der Waals surface area contributed by atoms with E-state index < -0.39 is 11.7 Å². The summed E-state index contributed by atoms with van der Waals surface area (Å²) in [6.45, 7) is 0.279. The maximum absolute atomic E-state index is 13.6. The molecular formula is C20H19ClFN5O2S. The molecule has 0 aliphatic rings. The minimum Gasteiger partial charge on any atom is -0.351 e. The van der Waals surface area contributed by atoms with Gasteiger partial charge in [0, 0.05) is 30.7 Å². The summed E-state index contributed by atoms with van der Waals surface area (Å²) in [7, 11) is 1.79. The molecule has 2 amide bonds. The first-order valence-corrected chi connectivity index (χ1v) is 10.4. The third-order valence-corrected chi connectivity index (χ3v) is 5.41. The summed E-state index contributed by atoms with van der Waals surface area (Å²) < 4.78 is 15.4. The molecule has 0 bridgehead atoms. The van der Waals surface area contributed by atoms with E-state index in [1.54, 1.807) is 41.9 Å². The van der Waals surface area contributed by atoms with Gasteiger partial charge in [0.1, 0.15) is 11.6 Å². The number of rotatable bonds is 8. The van der Waals surface area contributed by atoms with Crippen LogP contribution in [-0.2, 0) is 18.3 Å². The third-order valence-electron chi connectivity index (χ3n) is 4.14. The number of benzene rings is 2. The number of hydrogen-bond acceptors (Lipinski definition) is 5. The zero-order valence-corrected chi connectivity index (χ0v) is 17.6. The van der Waals surface area contributed by atoms with Gasteiger partial charge in [-0.2, -0.15) is 0 Å². The Hall–Kier alpha value is -2.91. The van der Waals surface area contributed by atoms with Crippen molar-refractivity contribution in [3.63, 3.8) is 0 Å². The predicted molar refractivity (Wildman–Crippen MR) is 114 cm³/mol. The van der Waals surface area contributed by atoms with E-state index in [0.717, 1.165) is 0 Å². The van der Waals surface area contributed by atoms with Crippen LogP contribution in [0.3, 0.4) is 0 Å². The van der Waals surface area contributed by atoms with Gasteiger partial charge in [-0.3, -0.25) is 9.59 Å². The van der Waals surface area contributed by atoms with Gasteiger partial charge in [0.2, 0.25) is 5.91 Å². The number of hydrogen-bond donors (Lipinski definition) is 2. The lowest BCUT2D eigenvalue weighted by Gasteiger charge is -2.07. The highest BCUT2D eigenvalue weighted by Crippen LogP contribution is 2.17. The predicted octanol–water partition coefficient (Wildman–Crippen LogP) is 3.31. The Morgan fingerprint density at radius 1 is 1.13 bits per heavy atom. The molecule has 0 aliphatic carbocycles. The molecule has 0 saturated heterocycles. The molecular weight excluding hydrogens is 429 g/mol. The van der Waals surface area contributed by atoms with E-state index in [-0.39, 0.29) is 23.8 Å². The summed E-state index contributed by atoms with van der Waals surface area (Å²) >= 11 is 7.08. The van der Waals surface area contributed by atoms with Crippen LogP contribution in [0.2, 0.25) is 5.02 Å². The van der Waals surface area contributed by atoms with Crippen LogP contribution in [0, 0.1) is 5.82 Å². The molecule has 0 saturated carbocycles. The van der Waals surface area contributed by atoms with Gasteiger partial charge in [-0.1, -0.05) is 35.5 Å². The fraction of sp³-hybridized carbons (Fsp3) is 0.200. The standard InChI is InChI=1S/C20H19ClFN5O2S/c1-27-17(10-11-23-19(29)15-4-2-3-5-16(15)22)25-26-20(27)30-12-18(28)24-14-8-6-13(21)7-9-14/h2-9H,10-12H2,1H3,(H,23,29)(H,24,28). The summed E-state index contributed by atoms with van der Waals surface area (Å²) in [4.78, 5) is 24.1. The summed E-state index contributed by atoms with van der Waals surface area (Å²) in [5, 5.41) is 14.8. The second-order valence-corrected chi connectivity index (χ2v) is 7.67. The highest BCUT2D eigenvalue weighted by atomic mass is 35.5. The van der Waals surface area contributed by atoms with Gasteiger partial charge in [-0.05, 0) is 36.4 Å². The van der Waals surface area contributed by atoms with Crippen molar-refractivity contribution in [2.45, 2.75) is 11.6 Å². The van der Waals surface area contributed by atoms with Crippen LogP contribution in [0.4, 0.5) is 10.1 Å². The van der Waals surface area contributed by atoms with Gasteiger partial charge in [0.05, 0.1) is 11.3 Å².